The first-order chi connectivity index (χ1) is 17.7. The Labute approximate surface area is 214 Å². The SMILES string of the molecule is Cc1ncc(COP(=O)(NC(C)C(=O)O)Oc2ccccc2)c(/C=N/CCc2ccc(C#N)cc2)c1O. The topological polar surface area (TPSA) is 154 Å². The van der Waals surface area contributed by atoms with Crippen LogP contribution in [0.25, 0.3) is 0 Å². The highest BCUT2D eigenvalue weighted by atomic mass is 31.2. The Hall–Kier alpha value is -4.03. The first kappa shape index (κ1) is 27.6. The minimum atomic E-state index is -4.15. The first-order valence-electron chi connectivity index (χ1n) is 11.4. The van der Waals surface area contributed by atoms with Gasteiger partial charge in [0.2, 0.25) is 0 Å². The van der Waals surface area contributed by atoms with Crippen LogP contribution >= 0.6 is 7.75 Å². The average molecular weight is 522 g/mol. The minimum absolute atomic E-state index is 0.103. The molecule has 10 nitrogen and oxygen atoms in total. The second-order valence-corrected chi connectivity index (χ2v) is 9.78. The van der Waals surface area contributed by atoms with Crippen LogP contribution in [0.1, 0.15) is 34.9 Å². The van der Waals surface area contributed by atoms with E-state index < -0.39 is 19.8 Å². The van der Waals surface area contributed by atoms with E-state index in [9.17, 15) is 19.6 Å². The van der Waals surface area contributed by atoms with Gasteiger partial charge in [-0.05, 0) is 50.1 Å². The zero-order valence-corrected chi connectivity index (χ0v) is 21.3. The molecule has 3 N–H and O–H groups in total. The number of aromatic nitrogens is 1. The average Bonchev–Trinajstić information content (AvgIpc) is 2.89. The molecule has 37 heavy (non-hydrogen) atoms. The number of rotatable bonds is 12. The van der Waals surface area contributed by atoms with E-state index in [1.54, 1.807) is 49.4 Å². The van der Waals surface area contributed by atoms with Gasteiger partial charge in [0.25, 0.3) is 0 Å². The van der Waals surface area contributed by atoms with Crippen molar-refractivity contribution in [2.75, 3.05) is 6.54 Å². The van der Waals surface area contributed by atoms with E-state index in [-0.39, 0.29) is 18.1 Å². The molecule has 2 atom stereocenters. The number of carbonyl (C=O) groups is 1. The highest BCUT2D eigenvalue weighted by Gasteiger charge is 2.32. The number of aryl methyl sites for hydroxylation is 1. The number of nitrogens with zero attached hydrogens (tertiary/aromatic N) is 3. The third-order valence-corrected chi connectivity index (χ3v) is 6.90. The Bertz CT molecular complexity index is 1340. The van der Waals surface area contributed by atoms with Crippen LogP contribution in [0.4, 0.5) is 0 Å². The van der Waals surface area contributed by atoms with E-state index in [0.29, 0.717) is 35.3 Å². The van der Waals surface area contributed by atoms with E-state index in [0.717, 1.165) is 5.56 Å². The predicted octanol–water partition coefficient (Wildman–Crippen LogP) is 4.40. The number of pyridine rings is 1. The molecule has 0 saturated carbocycles. The molecule has 2 unspecified atom stereocenters. The molecule has 192 valence electrons. The van der Waals surface area contributed by atoms with Crippen LogP contribution in [0.15, 0.2) is 65.8 Å². The minimum Gasteiger partial charge on any atom is -0.505 e. The zero-order valence-electron chi connectivity index (χ0n) is 20.4. The van der Waals surface area contributed by atoms with E-state index in [1.165, 1.54) is 19.3 Å². The fourth-order valence-electron chi connectivity index (χ4n) is 3.16. The lowest BCUT2D eigenvalue weighted by Gasteiger charge is -2.22. The maximum absolute atomic E-state index is 13.4. The summed E-state index contributed by atoms with van der Waals surface area (Å²) in [5, 5.41) is 31.2. The van der Waals surface area contributed by atoms with Gasteiger partial charge in [0.05, 0.1) is 23.9 Å². The quantitative estimate of drug-likeness (QED) is 0.232. The van der Waals surface area contributed by atoms with Gasteiger partial charge in [-0.25, -0.2) is 4.57 Å². The highest BCUT2D eigenvalue weighted by Crippen LogP contribution is 2.46. The van der Waals surface area contributed by atoms with Crippen molar-refractivity contribution in [1.82, 2.24) is 10.1 Å². The van der Waals surface area contributed by atoms with Gasteiger partial charge < -0.3 is 14.7 Å². The fourth-order valence-corrected chi connectivity index (χ4v) is 4.64. The molecular formula is C26H27N4O6P. The summed E-state index contributed by atoms with van der Waals surface area (Å²) in [6.07, 6.45) is 3.57. The van der Waals surface area contributed by atoms with Crippen LogP contribution < -0.4 is 9.61 Å². The van der Waals surface area contributed by atoms with Crippen LogP contribution in [-0.4, -0.2) is 40.0 Å². The van der Waals surface area contributed by atoms with Crippen molar-refractivity contribution in [2.24, 2.45) is 4.99 Å². The monoisotopic (exact) mass is 522 g/mol. The van der Waals surface area contributed by atoms with Crippen LogP contribution in [-0.2, 0) is 26.9 Å². The van der Waals surface area contributed by atoms with Gasteiger partial charge in [0.1, 0.15) is 17.5 Å². The van der Waals surface area contributed by atoms with Gasteiger partial charge in [0, 0.05) is 30.1 Å². The van der Waals surface area contributed by atoms with E-state index >= 15 is 0 Å². The second kappa shape index (κ2) is 12.8. The Balaban J connectivity index is 1.76. The number of carboxylic acid groups (broad SMARTS) is 1. The van der Waals surface area contributed by atoms with Crippen molar-refractivity contribution in [3.8, 4) is 17.6 Å². The number of nitrogens with one attached hydrogen (secondary N) is 1. The number of nitriles is 1. The van der Waals surface area contributed by atoms with Crippen LogP contribution in [0, 0.1) is 18.3 Å². The van der Waals surface area contributed by atoms with Crippen LogP contribution in [0.3, 0.4) is 0 Å². The van der Waals surface area contributed by atoms with Crippen molar-refractivity contribution in [2.45, 2.75) is 32.9 Å². The number of hydrogen-bond donors (Lipinski definition) is 3. The van der Waals surface area contributed by atoms with Gasteiger partial charge >= 0.3 is 13.7 Å². The summed E-state index contributed by atoms with van der Waals surface area (Å²) in [7, 11) is -4.15. The molecule has 0 aliphatic rings. The zero-order chi connectivity index (χ0) is 26.8. The maximum atomic E-state index is 13.4. The van der Waals surface area contributed by atoms with Crippen molar-refractivity contribution < 1.29 is 28.6 Å². The first-order valence-corrected chi connectivity index (χ1v) is 12.9. The molecule has 1 heterocycles. The second-order valence-electron chi connectivity index (χ2n) is 8.09. The summed E-state index contributed by atoms with van der Waals surface area (Å²) in [6.45, 7) is 3.06. The normalized spacial score (nSPS) is 13.5. The molecule has 0 radical (unpaired) electrons. The predicted molar refractivity (Wildman–Crippen MR) is 138 cm³/mol. The highest BCUT2D eigenvalue weighted by molar-refractivity contribution is 7.52. The summed E-state index contributed by atoms with van der Waals surface area (Å²) in [4.78, 5) is 19.9. The third kappa shape index (κ3) is 7.98. The lowest BCUT2D eigenvalue weighted by Crippen LogP contribution is -2.33. The molecule has 0 amide bonds. The fraction of sp³-hybridized carbons (Fsp3) is 0.231. The summed E-state index contributed by atoms with van der Waals surface area (Å²) in [5.74, 6) is -1.11. The molecule has 11 heteroatoms. The van der Waals surface area contributed by atoms with Crippen molar-refractivity contribution in [3.63, 3.8) is 0 Å². The van der Waals surface area contributed by atoms with E-state index in [2.05, 4.69) is 21.1 Å². The van der Waals surface area contributed by atoms with E-state index in [4.69, 9.17) is 14.3 Å². The standard InChI is InChI=1S/C26H27N4O6P/c1-18-25(31)24(16-28-13-12-20-8-10-21(14-27)11-9-20)22(15-29-18)17-35-37(34,30-19(2)26(32)33)36-23-6-4-3-5-7-23/h3-11,15-16,19,31H,12-13,17H2,1-2H3,(H,30,34)(H,32,33)/b28-16+. The molecule has 2 aromatic carbocycles. The van der Waals surface area contributed by atoms with Crippen LogP contribution in [0.2, 0.25) is 0 Å². The Kier molecular flexibility index (Phi) is 9.52. The maximum Gasteiger partial charge on any atom is 0.459 e. The number of aromatic hydroxyl groups is 1. The molecule has 0 spiro atoms. The van der Waals surface area contributed by atoms with E-state index in [1.807, 2.05) is 12.1 Å². The Morgan fingerprint density at radius 1 is 1.24 bits per heavy atom. The lowest BCUT2D eigenvalue weighted by molar-refractivity contribution is -0.138. The number of aliphatic imine (C=N–C) groups is 1. The summed E-state index contributed by atoms with van der Waals surface area (Å²) < 4.78 is 24.6. The van der Waals surface area contributed by atoms with Crippen LogP contribution in [0.5, 0.6) is 11.5 Å². The number of carboxylic acids is 1. The van der Waals surface area contributed by atoms with Gasteiger partial charge in [-0.3, -0.25) is 19.3 Å². The Morgan fingerprint density at radius 2 is 1.95 bits per heavy atom. The molecule has 3 rings (SSSR count). The molecule has 3 aromatic rings. The Morgan fingerprint density at radius 3 is 2.59 bits per heavy atom. The number of aliphatic carboxylic acids is 1. The number of benzene rings is 2. The van der Waals surface area contributed by atoms with Gasteiger partial charge in [0.15, 0.2) is 0 Å². The number of para-hydroxylation sites is 1. The molecule has 1 aromatic heterocycles. The summed E-state index contributed by atoms with van der Waals surface area (Å²) in [6, 6.07) is 16.3. The molecule has 0 aliphatic carbocycles. The van der Waals surface area contributed by atoms with Crippen molar-refractivity contribution >= 4 is 19.9 Å². The third-order valence-electron chi connectivity index (χ3n) is 5.27. The summed E-state index contributed by atoms with van der Waals surface area (Å²) >= 11 is 0. The molecule has 0 fully saturated rings. The van der Waals surface area contributed by atoms with Crippen molar-refractivity contribution in [1.29, 1.82) is 5.26 Å². The lowest BCUT2D eigenvalue weighted by atomic mass is 10.1. The molecule has 0 bridgehead atoms. The smallest absolute Gasteiger partial charge is 0.459 e. The molecule has 0 aliphatic heterocycles. The van der Waals surface area contributed by atoms with Gasteiger partial charge in [-0.1, -0.05) is 30.3 Å². The summed E-state index contributed by atoms with van der Waals surface area (Å²) in [5.41, 5.74) is 2.68. The largest absolute Gasteiger partial charge is 0.505 e. The van der Waals surface area contributed by atoms with Crippen molar-refractivity contribution in [3.05, 3.63) is 88.7 Å². The molecular weight excluding hydrogens is 495 g/mol. The molecule has 0 saturated heterocycles. The number of hydrogen-bond acceptors (Lipinski definition) is 8. The van der Waals surface area contributed by atoms with Gasteiger partial charge in [-0.2, -0.15) is 10.3 Å². The van der Waals surface area contributed by atoms with Gasteiger partial charge in [-0.15, -0.1) is 0 Å².